The molecule has 1 rings (SSSR count). The van der Waals surface area contributed by atoms with Gasteiger partial charge in [-0.3, -0.25) is 14.8 Å². The highest BCUT2D eigenvalue weighted by Crippen LogP contribution is 2.08. The summed E-state index contributed by atoms with van der Waals surface area (Å²) in [7, 11) is 0. The first kappa shape index (κ1) is 11.6. The van der Waals surface area contributed by atoms with Crippen molar-refractivity contribution in [2.45, 2.75) is 12.8 Å². The lowest BCUT2D eigenvalue weighted by Gasteiger charge is -2.05. The fraction of sp³-hybridized carbons (Fsp3) is 0.375. The first-order chi connectivity index (χ1) is 7.58. The van der Waals surface area contributed by atoms with Crippen LogP contribution in [0.25, 0.3) is 0 Å². The average molecular weight is 224 g/mol. The number of nitrogens with one attached hydrogen (secondary N) is 2. The Kier molecular flexibility index (Phi) is 3.55. The number of nitrogens with zero attached hydrogens (tertiary/aromatic N) is 2. The van der Waals surface area contributed by atoms with Crippen LogP contribution in [0, 0.1) is 11.3 Å². The van der Waals surface area contributed by atoms with Crippen LogP contribution in [0.3, 0.4) is 0 Å². The summed E-state index contributed by atoms with van der Waals surface area (Å²) >= 11 is 0. The van der Waals surface area contributed by atoms with Gasteiger partial charge in [0.1, 0.15) is 5.82 Å². The quantitative estimate of drug-likeness (QED) is 0.609. The molecule has 1 aromatic rings. The lowest BCUT2D eigenvalue weighted by molar-refractivity contribution is -0.143. The molecule has 0 aliphatic rings. The summed E-state index contributed by atoms with van der Waals surface area (Å²) in [5.41, 5.74) is -1.76. The van der Waals surface area contributed by atoms with Gasteiger partial charge in [0.25, 0.3) is 0 Å². The van der Waals surface area contributed by atoms with Crippen molar-refractivity contribution in [1.29, 1.82) is 5.26 Å². The maximum Gasteiger partial charge on any atom is 0.350 e. The lowest BCUT2D eigenvalue weighted by atomic mass is 10.1. The third kappa shape index (κ3) is 2.54. The maximum atomic E-state index is 11.3. The Morgan fingerprint density at radius 2 is 2.25 bits per heavy atom. The number of hydrogen-bond acceptors (Lipinski definition) is 6. The van der Waals surface area contributed by atoms with E-state index in [0.717, 1.165) is 0 Å². The van der Waals surface area contributed by atoms with Gasteiger partial charge < -0.3 is 4.74 Å². The fourth-order valence-corrected chi connectivity index (χ4v) is 0.998. The number of carbonyl (C=O) groups is 1. The Balaban J connectivity index is 3.15. The van der Waals surface area contributed by atoms with Crippen LogP contribution in [0.15, 0.2) is 9.59 Å². The van der Waals surface area contributed by atoms with Crippen LogP contribution in [0.2, 0.25) is 0 Å². The van der Waals surface area contributed by atoms with Gasteiger partial charge in [-0.25, -0.2) is 9.59 Å². The first-order valence-electron chi connectivity index (χ1n) is 4.35. The van der Waals surface area contributed by atoms with Crippen molar-refractivity contribution < 1.29 is 9.53 Å². The third-order valence-electron chi connectivity index (χ3n) is 1.61. The van der Waals surface area contributed by atoms with Crippen LogP contribution in [-0.4, -0.2) is 27.5 Å². The second-order valence-corrected chi connectivity index (χ2v) is 2.70. The van der Waals surface area contributed by atoms with E-state index in [1.165, 1.54) is 0 Å². The predicted octanol–water partition coefficient (Wildman–Crippen LogP) is -1.37. The van der Waals surface area contributed by atoms with Crippen LogP contribution in [0.4, 0.5) is 0 Å². The van der Waals surface area contributed by atoms with Gasteiger partial charge in [0, 0.05) is 0 Å². The highest BCUT2D eigenvalue weighted by atomic mass is 16.5. The van der Waals surface area contributed by atoms with Gasteiger partial charge in [-0.05, 0) is 6.92 Å². The Hall–Kier alpha value is -2.43. The molecule has 0 bridgehead atoms. The first-order valence-corrected chi connectivity index (χ1v) is 4.35. The molecular formula is C8H8N4O4. The van der Waals surface area contributed by atoms with E-state index < -0.39 is 23.3 Å². The Bertz CT molecular complexity index is 510. The van der Waals surface area contributed by atoms with E-state index in [2.05, 4.69) is 14.7 Å². The number of aromatic amines is 2. The summed E-state index contributed by atoms with van der Waals surface area (Å²) < 4.78 is 4.59. The molecule has 1 heterocycles. The van der Waals surface area contributed by atoms with Gasteiger partial charge in [-0.15, -0.1) is 0 Å². The predicted molar refractivity (Wildman–Crippen MR) is 50.5 cm³/mol. The van der Waals surface area contributed by atoms with Crippen molar-refractivity contribution in [3.63, 3.8) is 0 Å². The standard InChI is InChI=1S/C8H8N4O4/c1-2-16-6(13)4(3-9)5-10-7(14)12-8(15)11-5/h4H,2H2,1H3,(H2,10,11,12,14,15). The SMILES string of the molecule is CCOC(=O)C(C#N)c1nc(=O)[nH]c(=O)[nH]1. The van der Waals surface area contributed by atoms with E-state index in [9.17, 15) is 14.4 Å². The normalized spacial score (nSPS) is 11.5. The molecule has 0 amide bonds. The van der Waals surface area contributed by atoms with Gasteiger partial charge in [0.15, 0.2) is 0 Å². The minimum Gasteiger partial charge on any atom is -0.465 e. The molecule has 0 saturated heterocycles. The second kappa shape index (κ2) is 4.88. The molecule has 8 heteroatoms. The number of rotatable bonds is 3. The molecule has 84 valence electrons. The molecule has 1 unspecified atom stereocenters. The summed E-state index contributed by atoms with van der Waals surface area (Å²) in [4.78, 5) is 40.3. The minimum atomic E-state index is -1.41. The van der Waals surface area contributed by atoms with E-state index >= 15 is 0 Å². The van der Waals surface area contributed by atoms with Crippen molar-refractivity contribution in [2.75, 3.05) is 6.61 Å². The monoisotopic (exact) mass is 224 g/mol. The van der Waals surface area contributed by atoms with E-state index in [-0.39, 0.29) is 12.4 Å². The molecule has 0 spiro atoms. The zero-order valence-electron chi connectivity index (χ0n) is 8.31. The van der Waals surface area contributed by atoms with Crippen LogP contribution in [0.5, 0.6) is 0 Å². The Morgan fingerprint density at radius 1 is 1.56 bits per heavy atom. The average Bonchev–Trinajstić information content (AvgIpc) is 2.17. The summed E-state index contributed by atoms with van der Waals surface area (Å²) in [6.45, 7) is 1.66. The molecule has 2 N–H and O–H groups in total. The van der Waals surface area contributed by atoms with Crippen LogP contribution < -0.4 is 11.4 Å². The van der Waals surface area contributed by atoms with Gasteiger partial charge in [0.2, 0.25) is 5.92 Å². The Morgan fingerprint density at radius 3 is 2.75 bits per heavy atom. The van der Waals surface area contributed by atoms with Crippen LogP contribution in [0.1, 0.15) is 18.7 Å². The number of nitriles is 1. The summed E-state index contributed by atoms with van der Waals surface area (Å²) in [5.74, 6) is -2.59. The van der Waals surface area contributed by atoms with Crippen molar-refractivity contribution in [2.24, 2.45) is 0 Å². The zero-order valence-corrected chi connectivity index (χ0v) is 8.31. The molecule has 0 radical (unpaired) electrons. The summed E-state index contributed by atoms with van der Waals surface area (Å²) in [6, 6.07) is 1.60. The smallest absolute Gasteiger partial charge is 0.350 e. The maximum absolute atomic E-state index is 11.3. The third-order valence-corrected chi connectivity index (χ3v) is 1.61. The molecule has 0 saturated carbocycles. The van der Waals surface area contributed by atoms with Crippen molar-refractivity contribution in [3.05, 3.63) is 26.8 Å². The molecule has 1 aromatic heterocycles. The molecule has 0 fully saturated rings. The fourth-order valence-electron chi connectivity index (χ4n) is 0.998. The van der Waals surface area contributed by atoms with E-state index in [0.29, 0.717) is 0 Å². The number of carbonyl (C=O) groups excluding carboxylic acids is 1. The van der Waals surface area contributed by atoms with Crippen LogP contribution in [-0.2, 0) is 9.53 Å². The second-order valence-electron chi connectivity index (χ2n) is 2.70. The number of esters is 1. The highest BCUT2D eigenvalue weighted by molar-refractivity contribution is 5.80. The molecular weight excluding hydrogens is 216 g/mol. The molecule has 0 aromatic carbocycles. The van der Waals surface area contributed by atoms with Gasteiger partial charge in [-0.2, -0.15) is 10.2 Å². The number of aromatic nitrogens is 3. The number of H-pyrrole nitrogens is 2. The Labute approximate surface area is 88.9 Å². The van der Waals surface area contributed by atoms with E-state index in [1.54, 1.807) is 13.0 Å². The van der Waals surface area contributed by atoms with Crippen LogP contribution >= 0.6 is 0 Å². The van der Waals surface area contributed by atoms with E-state index in [1.807, 2.05) is 4.98 Å². The zero-order chi connectivity index (χ0) is 12.1. The summed E-state index contributed by atoms with van der Waals surface area (Å²) in [5, 5.41) is 8.73. The summed E-state index contributed by atoms with van der Waals surface area (Å²) in [6.07, 6.45) is 0. The van der Waals surface area contributed by atoms with Gasteiger partial charge in [-0.1, -0.05) is 0 Å². The molecule has 1 atom stereocenters. The molecule has 16 heavy (non-hydrogen) atoms. The largest absolute Gasteiger partial charge is 0.465 e. The minimum absolute atomic E-state index is 0.0877. The number of hydrogen-bond donors (Lipinski definition) is 2. The molecule has 0 aliphatic heterocycles. The topological polar surface area (TPSA) is 129 Å². The lowest BCUT2D eigenvalue weighted by Crippen LogP contribution is -2.30. The molecule has 8 nitrogen and oxygen atoms in total. The van der Waals surface area contributed by atoms with Crippen molar-refractivity contribution in [1.82, 2.24) is 15.0 Å². The van der Waals surface area contributed by atoms with Crippen molar-refractivity contribution >= 4 is 5.97 Å². The van der Waals surface area contributed by atoms with Gasteiger partial charge >= 0.3 is 17.3 Å². The van der Waals surface area contributed by atoms with E-state index in [4.69, 9.17) is 5.26 Å². The van der Waals surface area contributed by atoms with Crippen molar-refractivity contribution in [3.8, 4) is 6.07 Å². The number of ether oxygens (including phenoxy) is 1. The van der Waals surface area contributed by atoms with Gasteiger partial charge in [0.05, 0.1) is 12.7 Å². The molecule has 0 aliphatic carbocycles. The highest BCUT2D eigenvalue weighted by Gasteiger charge is 2.24.